The largest absolute Gasteiger partial charge is 0.550 e. The second-order valence-corrected chi connectivity index (χ2v) is 29.0. The van der Waals surface area contributed by atoms with Gasteiger partial charge in [-0.3, -0.25) is 14.4 Å². The van der Waals surface area contributed by atoms with E-state index in [4.69, 9.17) is 81.1 Å². The number of nitrogens with one attached hydrogen (secondary N) is 4. The smallest absolute Gasteiger partial charge is 0.416 e. The molecule has 3 saturated heterocycles. The number of ether oxygens (including phenoxy) is 4. The van der Waals surface area contributed by atoms with Crippen molar-refractivity contribution >= 4 is 125 Å². The maximum Gasteiger partial charge on any atom is 0.416 e. The first-order chi connectivity index (χ1) is 59.5. The summed E-state index contributed by atoms with van der Waals surface area (Å²) in [5, 5.41) is 61.0. The van der Waals surface area contributed by atoms with E-state index in [1.807, 2.05) is 105 Å². The fraction of sp³-hybridized carbons (Fsp3) is 0.282. The maximum absolute atomic E-state index is 13.2. The average molecular weight is 1700 g/mol. The van der Waals surface area contributed by atoms with Crippen molar-refractivity contribution in [2.24, 2.45) is 7.05 Å². The predicted molar refractivity (Wildman–Crippen MR) is 450 cm³/mol. The molecular weight excluding hydrogens is 1610 g/mol. The Morgan fingerprint density at radius 1 is 0.460 bits per heavy atom. The molecule has 0 bridgehead atoms. The first kappa shape index (κ1) is 88.4. The highest BCUT2D eigenvalue weighted by molar-refractivity contribution is 6.10. The van der Waals surface area contributed by atoms with Gasteiger partial charge < -0.3 is 107 Å². The zero-order chi connectivity index (χ0) is 88.6. The van der Waals surface area contributed by atoms with Crippen LogP contribution in [0.5, 0.6) is 23.0 Å². The number of hydrogen-bond acceptors (Lipinski definition) is 25. The van der Waals surface area contributed by atoms with Crippen LogP contribution in [-0.4, -0.2) is 172 Å². The van der Waals surface area contributed by atoms with Gasteiger partial charge in [0.15, 0.2) is 16.9 Å². The molecular formula is C85H92F3N23O13. The Kier molecular flexibility index (Phi) is 28.2. The van der Waals surface area contributed by atoms with Crippen molar-refractivity contribution in [2.75, 3.05) is 101 Å². The van der Waals surface area contributed by atoms with Gasteiger partial charge in [0.2, 0.25) is 0 Å². The summed E-state index contributed by atoms with van der Waals surface area (Å²) in [5.41, 5.74) is 28.8. The van der Waals surface area contributed by atoms with Gasteiger partial charge in [0, 0.05) is 108 Å². The number of para-hydroxylation sites is 1. The number of carboxylic acid groups (broad SMARTS) is 3. The van der Waals surface area contributed by atoms with Gasteiger partial charge in [-0.1, -0.05) is 36.4 Å². The zero-order valence-corrected chi connectivity index (χ0v) is 68.9. The minimum absolute atomic E-state index is 0.0820. The van der Waals surface area contributed by atoms with Gasteiger partial charge in [0.25, 0.3) is 17.7 Å². The summed E-state index contributed by atoms with van der Waals surface area (Å²) in [6.07, 6.45) is 5.88. The van der Waals surface area contributed by atoms with Gasteiger partial charge in [0.1, 0.15) is 87.9 Å². The number of aromatic nitrogens is 14. The van der Waals surface area contributed by atoms with Gasteiger partial charge in [0.05, 0.1) is 125 Å². The van der Waals surface area contributed by atoms with Gasteiger partial charge in [-0.05, 0) is 118 Å². The third kappa shape index (κ3) is 20.6. The molecule has 36 nitrogen and oxygen atoms in total. The lowest BCUT2D eigenvalue weighted by atomic mass is 10.1. The Hall–Kier alpha value is -14.9. The Labute approximate surface area is 706 Å². The van der Waals surface area contributed by atoms with Gasteiger partial charge in [-0.25, -0.2) is 43.9 Å². The molecule has 0 saturated carbocycles. The number of fused-ring (bicyclic) bond motifs is 5. The third-order valence-electron chi connectivity index (χ3n) is 20.7. The van der Waals surface area contributed by atoms with Crippen molar-refractivity contribution in [3.63, 3.8) is 0 Å². The van der Waals surface area contributed by atoms with Crippen LogP contribution in [0.2, 0.25) is 0 Å². The number of nitrogens with zero attached hydrogens (tertiary/aromatic N) is 13. The van der Waals surface area contributed by atoms with Crippen molar-refractivity contribution in [1.82, 2.24) is 68.8 Å². The summed E-state index contributed by atoms with van der Waals surface area (Å²) >= 11 is 0. The zero-order valence-electron chi connectivity index (χ0n) is 68.9. The van der Waals surface area contributed by atoms with Crippen LogP contribution in [0.25, 0.3) is 88.7 Å². The summed E-state index contributed by atoms with van der Waals surface area (Å²) in [7, 11) is 8.10. The minimum Gasteiger partial charge on any atom is -0.550 e. The number of anilines is 6. The number of methoxy groups -OCH3 is 4. The number of carbonyl (C=O) groups is 6. The Morgan fingerprint density at radius 3 is 1.21 bits per heavy atom. The van der Waals surface area contributed by atoms with E-state index in [9.17, 15) is 27.6 Å². The molecule has 3 aliphatic rings. The lowest BCUT2D eigenvalue weighted by molar-refractivity contribution is -0.664. The molecule has 0 atom stereocenters. The number of carbonyl (C=O) groups excluding carboxylic acids is 6. The number of quaternary nitrogens is 3. The first-order valence-corrected chi connectivity index (χ1v) is 39.4. The van der Waals surface area contributed by atoms with E-state index in [0.29, 0.717) is 96.8 Å². The van der Waals surface area contributed by atoms with Crippen molar-refractivity contribution in [3.05, 3.63) is 175 Å². The number of aliphatic carboxylic acids is 3. The first-order valence-electron chi connectivity index (χ1n) is 39.4. The predicted octanol–water partition coefficient (Wildman–Crippen LogP) is 4.97. The van der Waals surface area contributed by atoms with Crippen LogP contribution in [0.3, 0.4) is 0 Å². The number of amides is 3. The van der Waals surface area contributed by atoms with E-state index < -0.39 is 35.6 Å². The van der Waals surface area contributed by atoms with Gasteiger partial charge in [-0.15, -0.1) is 0 Å². The molecule has 3 aliphatic heterocycles. The standard InChI is InChI=1S/C27H28N8O3.C27H28N8O2.C25H24F3N7O2.3C2H4O2/c1-37-18-4-6-19-16(11-18)12-21(32-19)27(36)33-20-5-3-15(13-22(20)38-2)24-23-25(28)30-14-31-26(23)35(34-24)17-7-9-29-10-8-17;1-34-20-6-4-3-5-16(20)13-21(34)27(36)32-19-8-7-17(14-22(19)37-2)24-23-25(28)30-15-31-26(23)35(33-24)18-9-11-29-12-10-18;1-37-19-12-15(4-7-18(19)33-24(36)14-2-5-16(6-3-14)25(26,27)28)21-20-22(29)31-13-32-23(20)35(34-21)17-8-10-30-11-9-17;3*1-2(3)4/h3-6,11-14,17,29,32H,7-10H2,1-2H3,(H,33,36)(H2,28,30,31);3-8,13-15,18,29H,9-12H2,1-2H3,(H,32,36)(H2,28,30,31);2-7,12-13,17,30H,8-11H2,1H3,(H,33,36)(H2,29,31,32);3*1H3,(H,3,4). The SMILES string of the molecule is CC(=O)[O-].CC(=O)[O-].CC(=O)[O-].COc1cc(-c2nn(C3CC[NH2+]CC3)c3ncnc(N)c23)ccc1NC(=O)c1cc2ccccc2n1C.COc1cc(-c2nn(C3CC[NH2+]CC3)c3ncnc(N)c23)ccc1NC(=O)c1ccc(C(F)(F)F)cc1.COc1ccc2[nH]c(C(=O)Nc3ccc(-c4nn(C5CC[NH2+]CC5)c5ncnc(N)c45)cc3OC)cc2c1. The number of hydrogen-bond donors (Lipinski definition) is 10. The molecule has 6 aromatic carbocycles. The van der Waals surface area contributed by atoms with Crippen LogP contribution in [0.4, 0.5) is 47.7 Å². The normalized spacial score (nSPS) is 13.6. The number of carboxylic acids is 3. The van der Waals surface area contributed by atoms with E-state index in [-0.39, 0.29) is 35.5 Å². The number of aromatic amines is 1. The number of nitrogens with two attached hydrogens (primary N) is 6. The lowest BCUT2D eigenvalue weighted by Gasteiger charge is -2.21. The van der Waals surface area contributed by atoms with Gasteiger partial charge in [-0.2, -0.15) is 28.5 Å². The Balaban J connectivity index is 0.000000159. The monoisotopic (exact) mass is 1700 g/mol. The fourth-order valence-corrected chi connectivity index (χ4v) is 14.9. The Morgan fingerprint density at radius 2 is 0.839 bits per heavy atom. The van der Waals surface area contributed by atoms with Gasteiger partial charge >= 0.3 is 6.18 Å². The number of nitrogen functional groups attached to an aromatic ring is 3. The van der Waals surface area contributed by atoms with Crippen molar-refractivity contribution < 1.29 is 92.2 Å². The average Bonchev–Trinajstić information content (AvgIpc) is 1.61. The number of H-pyrrole nitrogens is 1. The summed E-state index contributed by atoms with van der Waals surface area (Å²) in [6, 6.07) is 38.2. The number of piperidine rings is 3. The second-order valence-electron chi connectivity index (χ2n) is 29.0. The lowest BCUT2D eigenvalue weighted by Crippen LogP contribution is -2.86. The highest BCUT2D eigenvalue weighted by Gasteiger charge is 2.33. The molecule has 0 spiro atoms. The molecule has 11 heterocycles. The molecule has 3 fully saturated rings. The van der Waals surface area contributed by atoms with E-state index in [0.717, 1.165) is 184 Å². The van der Waals surface area contributed by atoms with Crippen LogP contribution in [0, 0.1) is 0 Å². The molecule has 14 aromatic rings. The molecule has 39 heteroatoms. The topological polar surface area (TPSA) is 524 Å². The van der Waals surface area contributed by atoms with E-state index in [1.165, 1.54) is 26.1 Å². The van der Waals surface area contributed by atoms with Crippen LogP contribution < -0.4 is 83.4 Å². The van der Waals surface area contributed by atoms with Crippen LogP contribution >= 0.6 is 0 Å². The third-order valence-corrected chi connectivity index (χ3v) is 20.7. The molecule has 646 valence electrons. The van der Waals surface area contributed by atoms with Crippen LogP contribution in [0.15, 0.2) is 152 Å². The number of alkyl halides is 3. The molecule has 0 aliphatic carbocycles. The molecule has 0 radical (unpaired) electrons. The molecule has 0 unspecified atom stereocenters. The quantitative estimate of drug-likeness (QED) is 0.0610. The van der Waals surface area contributed by atoms with Crippen LogP contribution in [0.1, 0.15) is 114 Å². The number of rotatable bonds is 16. The summed E-state index contributed by atoms with van der Waals surface area (Å²) < 4.78 is 68.4. The Bertz CT molecular complexity index is 6190. The molecule has 17 rings (SSSR count). The molecule has 124 heavy (non-hydrogen) atoms. The van der Waals surface area contributed by atoms with Crippen LogP contribution in [-0.2, 0) is 27.6 Å². The highest BCUT2D eigenvalue weighted by atomic mass is 19.4. The van der Waals surface area contributed by atoms with E-state index >= 15 is 0 Å². The maximum atomic E-state index is 13.2. The molecule has 3 amide bonds. The number of aryl methyl sites for hydroxylation is 1. The second kappa shape index (κ2) is 39.6. The number of halogens is 3. The highest BCUT2D eigenvalue weighted by Crippen LogP contribution is 2.42. The van der Waals surface area contributed by atoms with E-state index in [2.05, 4.69) is 66.8 Å². The molecule has 16 N–H and O–H groups in total. The summed E-state index contributed by atoms with van der Waals surface area (Å²) in [6.45, 7) is 9.13. The number of benzene rings is 6. The van der Waals surface area contributed by atoms with Crippen molar-refractivity contribution in [2.45, 2.75) is 83.6 Å². The summed E-state index contributed by atoms with van der Waals surface area (Å²) in [5.74, 6) is -1.14. The molecule has 8 aromatic heterocycles. The van der Waals surface area contributed by atoms with E-state index in [1.54, 1.807) is 51.7 Å². The summed E-state index contributed by atoms with van der Waals surface area (Å²) in [4.78, 5) is 94.9. The fourth-order valence-electron chi connectivity index (χ4n) is 14.9. The minimum atomic E-state index is -4.48. The van der Waals surface area contributed by atoms with Crippen molar-refractivity contribution in [3.8, 4) is 56.8 Å². The van der Waals surface area contributed by atoms with Crippen molar-refractivity contribution in [1.29, 1.82) is 0 Å².